The third kappa shape index (κ3) is 26.4. The fourth-order valence-electron chi connectivity index (χ4n) is 10.8. The quantitative estimate of drug-likeness (QED) is 0.0227. The number of nitrogens with zero attached hydrogens (tertiary/aromatic N) is 3. The predicted octanol–water partition coefficient (Wildman–Crippen LogP) is 15.6. The van der Waals surface area contributed by atoms with E-state index < -0.39 is 6.97 Å². The molecule has 426 valence electrons. The summed E-state index contributed by atoms with van der Waals surface area (Å²) in [6.45, 7) is 12.4. The molecule has 0 fully saturated rings. The van der Waals surface area contributed by atoms with Gasteiger partial charge in [-0.1, -0.05) is 128 Å². The average molecular weight is 1050 g/mol. The van der Waals surface area contributed by atoms with Crippen LogP contribution in [0.3, 0.4) is 0 Å². The van der Waals surface area contributed by atoms with Crippen molar-refractivity contribution in [1.29, 1.82) is 0 Å². The van der Waals surface area contributed by atoms with Gasteiger partial charge in [-0.3, -0.25) is 14.4 Å². The molecule has 0 atom stereocenters. The Labute approximate surface area is 455 Å². The molecule has 0 aromatic carbocycles. The minimum Gasteiger partial charge on any atom is -0.462 e. The number of carbonyl (C=O) groups is 3. The standard InChI is InChI=1S/C62H105BF2N4O6/c1-8-10-12-14-16-26-34-48-73-58(70)41-30-22-18-20-28-38-56(39-29-21-19-23-31-42-59(71)74-49-35-27-17-15-13-11-9-2)75-60(72)43-37-47-67(7)46-33-25-24-32-44-66-45-36-40-57-61-52(3)50-54(5)68(61)63(64,65)69-55(6)51-53(4)62(57)69/h26-27,34-35,50-51,56,66H,8-25,28-33,36-49H2,1-7H3/b34-26-,35-27-. The van der Waals surface area contributed by atoms with Crippen LogP contribution in [-0.2, 0) is 28.6 Å². The van der Waals surface area contributed by atoms with Gasteiger partial charge in [0.15, 0.2) is 5.70 Å². The molecule has 75 heavy (non-hydrogen) atoms. The van der Waals surface area contributed by atoms with Crippen LogP contribution in [0.5, 0.6) is 0 Å². The van der Waals surface area contributed by atoms with E-state index in [0.29, 0.717) is 55.3 Å². The summed E-state index contributed by atoms with van der Waals surface area (Å²) in [7, 11) is 2.14. The number of unbranched alkanes of at least 4 members (excludes halogenated alkanes) is 19. The number of aryl methyl sites for hydroxylation is 2. The van der Waals surface area contributed by atoms with Crippen LogP contribution in [0.25, 0.3) is 5.57 Å². The molecule has 1 N–H and O–H groups in total. The molecular weight excluding hydrogens is 946 g/mol. The lowest BCUT2D eigenvalue weighted by Crippen LogP contribution is -2.51. The summed E-state index contributed by atoms with van der Waals surface area (Å²) in [5.41, 5.74) is 5.50. The van der Waals surface area contributed by atoms with Gasteiger partial charge in [-0.25, -0.2) is 0 Å². The first-order valence-corrected chi connectivity index (χ1v) is 30.3. The van der Waals surface area contributed by atoms with E-state index in [1.165, 1.54) is 60.3 Å². The maximum absolute atomic E-state index is 15.9. The number of halogens is 2. The smallest absolute Gasteiger partial charge is 0.462 e. The number of hydrogen-bond acceptors (Lipinski definition) is 8. The van der Waals surface area contributed by atoms with Crippen LogP contribution in [0.2, 0.25) is 0 Å². The van der Waals surface area contributed by atoms with Crippen LogP contribution in [0.15, 0.2) is 47.7 Å². The Balaban J connectivity index is 1.28. The Morgan fingerprint density at radius 1 is 0.640 bits per heavy atom. The van der Waals surface area contributed by atoms with Gasteiger partial charge in [0, 0.05) is 49.1 Å². The zero-order valence-electron chi connectivity index (χ0n) is 48.5. The van der Waals surface area contributed by atoms with Crippen molar-refractivity contribution < 1.29 is 41.7 Å². The Kier molecular flexibility index (Phi) is 34.5. The normalized spacial score (nSPS) is 14.3. The molecule has 10 nitrogen and oxygen atoms in total. The summed E-state index contributed by atoms with van der Waals surface area (Å²) in [4.78, 5) is 39.8. The zero-order chi connectivity index (χ0) is 54.5. The van der Waals surface area contributed by atoms with Gasteiger partial charge in [0.1, 0.15) is 25.0 Å². The maximum Gasteiger partial charge on any atom is 0.737 e. The van der Waals surface area contributed by atoms with E-state index in [2.05, 4.69) is 43.3 Å². The van der Waals surface area contributed by atoms with Crippen molar-refractivity contribution in [1.82, 2.24) is 14.7 Å². The molecule has 0 aliphatic carbocycles. The first-order chi connectivity index (χ1) is 36.3. The van der Waals surface area contributed by atoms with Crippen molar-refractivity contribution in [3.05, 3.63) is 64.7 Å². The van der Waals surface area contributed by atoms with Gasteiger partial charge in [-0.15, -0.1) is 0 Å². The van der Waals surface area contributed by atoms with E-state index >= 15 is 8.63 Å². The molecule has 0 saturated carbocycles. The monoisotopic (exact) mass is 1050 g/mol. The molecule has 3 heterocycles. The lowest BCUT2D eigenvalue weighted by molar-refractivity contribution is -0.363. The lowest BCUT2D eigenvalue weighted by Gasteiger charge is -2.34. The minimum atomic E-state index is -3.92. The minimum absolute atomic E-state index is 0.0790. The average Bonchev–Trinajstić information content (AvgIpc) is 3.86. The highest BCUT2D eigenvalue weighted by atomic mass is 19.2. The third-order valence-corrected chi connectivity index (χ3v) is 15.0. The first kappa shape index (κ1) is 65.4. The Morgan fingerprint density at radius 2 is 1.15 bits per heavy atom. The van der Waals surface area contributed by atoms with Gasteiger partial charge in [-0.2, -0.15) is 0 Å². The van der Waals surface area contributed by atoms with Crippen LogP contribution in [-0.4, -0.2) is 97.0 Å². The van der Waals surface area contributed by atoms with E-state index in [4.69, 9.17) is 14.2 Å². The summed E-state index contributed by atoms with van der Waals surface area (Å²) in [6, 6.07) is 1.89. The van der Waals surface area contributed by atoms with Crippen molar-refractivity contribution in [2.45, 2.75) is 253 Å². The van der Waals surface area contributed by atoms with Crippen molar-refractivity contribution >= 4 is 36.2 Å². The molecule has 0 saturated heterocycles. The third-order valence-electron chi connectivity index (χ3n) is 15.0. The highest BCUT2D eigenvalue weighted by Gasteiger charge is 2.54. The van der Waals surface area contributed by atoms with Gasteiger partial charge in [-0.05, 0) is 168 Å². The molecule has 0 radical (unpaired) electrons. The SMILES string of the molecule is CCCCCC/C=C\COC(=O)CCCCCCCC(CCCCCCCC(=O)OC/C=C\CCCCCC)OC(=O)CCCN(C)CCCCCCNCCCC1=C2C(C)=CC(C)=[N+]2[B-](F)(F)n2c(C)cc(C)c21. The van der Waals surface area contributed by atoms with Crippen LogP contribution in [0.4, 0.5) is 8.63 Å². The van der Waals surface area contributed by atoms with Gasteiger partial charge >= 0.3 is 24.9 Å². The Morgan fingerprint density at radius 3 is 1.75 bits per heavy atom. The molecule has 0 spiro atoms. The number of allylic oxidation sites excluding steroid dienone is 5. The first-order valence-electron chi connectivity index (χ1n) is 30.3. The summed E-state index contributed by atoms with van der Waals surface area (Å²) < 4.78 is 51.2. The van der Waals surface area contributed by atoms with Crippen molar-refractivity contribution in [3.8, 4) is 0 Å². The van der Waals surface area contributed by atoms with Crippen molar-refractivity contribution in [2.24, 2.45) is 0 Å². The highest BCUT2D eigenvalue weighted by Crippen LogP contribution is 2.43. The summed E-state index contributed by atoms with van der Waals surface area (Å²) in [6.07, 6.45) is 41.8. The number of rotatable bonds is 46. The second-order valence-corrected chi connectivity index (χ2v) is 21.8. The number of hydrogen-bond donors (Lipinski definition) is 1. The topological polar surface area (TPSA) is 102 Å². The zero-order valence-corrected chi connectivity index (χ0v) is 48.5. The maximum atomic E-state index is 15.9. The number of esters is 3. The van der Waals surface area contributed by atoms with Gasteiger partial charge in [0.25, 0.3) is 0 Å². The summed E-state index contributed by atoms with van der Waals surface area (Å²) in [5.74, 6) is -0.345. The molecule has 0 amide bonds. The predicted molar refractivity (Wildman–Crippen MR) is 308 cm³/mol. The van der Waals surface area contributed by atoms with Crippen LogP contribution < -0.4 is 5.32 Å². The largest absolute Gasteiger partial charge is 0.737 e. The van der Waals surface area contributed by atoms with E-state index in [9.17, 15) is 14.4 Å². The number of ether oxygens (including phenoxy) is 3. The van der Waals surface area contributed by atoms with Crippen molar-refractivity contribution in [2.75, 3.05) is 46.4 Å². The van der Waals surface area contributed by atoms with E-state index in [1.807, 2.05) is 38.1 Å². The van der Waals surface area contributed by atoms with Crippen LogP contribution >= 0.6 is 0 Å². The van der Waals surface area contributed by atoms with Gasteiger partial charge in [0.2, 0.25) is 0 Å². The summed E-state index contributed by atoms with van der Waals surface area (Å²) in [5, 5.41) is 3.60. The molecule has 0 bridgehead atoms. The molecule has 13 heteroatoms. The fourth-order valence-corrected chi connectivity index (χ4v) is 10.8. The molecule has 0 unspecified atom stereocenters. The Bertz CT molecular complexity index is 1900. The summed E-state index contributed by atoms with van der Waals surface area (Å²) >= 11 is 0. The second-order valence-electron chi connectivity index (χ2n) is 21.8. The highest BCUT2D eigenvalue weighted by molar-refractivity contribution is 6.58. The number of nitrogens with one attached hydrogen (secondary N) is 1. The lowest BCUT2D eigenvalue weighted by atomic mass is 9.85. The molecule has 2 aliphatic heterocycles. The number of carbonyl (C=O) groups excluding carboxylic acids is 3. The van der Waals surface area contributed by atoms with E-state index in [1.54, 1.807) is 13.8 Å². The molecule has 3 rings (SSSR count). The van der Waals surface area contributed by atoms with Crippen molar-refractivity contribution in [3.63, 3.8) is 0 Å². The molecule has 2 aliphatic rings. The molecule has 1 aromatic heterocycles. The van der Waals surface area contributed by atoms with E-state index in [-0.39, 0.29) is 24.0 Å². The number of aromatic nitrogens is 1. The van der Waals surface area contributed by atoms with Crippen LogP contribution in [0, 0.1) is 13.8 Å². The van der Waals surface area contributed by atoms with Crippen LogP contribution in [0.1, 0.15) is 250 Å². The Hall–Kier alpha value is -3.84. The van der Waals surface area contributed by atoms with E-state index in [0.717, 1.165) is 178 Å². The molecule has 1 aromatic rings. The number of fused-ring (bicyclic) bond motifs is 2. The molecular formula is C62H105BF2N4O6. The van der Waals surface area contributed by atoms with Gasteiger partial charge < -0.3 is 42.0 Å². The fraction of sp³-hybridized carbons (Fsp3) is 0.742. The second kappa shape index (κ2) is 39.5. The van der Waals surface area contributed by atoms with Gasteiger partial charge in [0.05, 0.1) is 0 Å².